The van der Waals surface area contributed by atoms with Gasteiger partial charge in [0.15, 0.2) is 0 Å². The van der Waals surface area contributed by atoms with Gasteiger partial charge in [-0.2, -0.15) is 11.8 Å². The second-order valence-corrected chi connectivity index (χ2v) is 7.44. The van der Waals surface area contributed by atoms with Crippen LogP contribution in [0, 0.1) is 5.41 Å². The number of thiophene rings is 1. The molecule has 2 N–H and O–H groups in total. The van der Waals surface area contributed by atoms with Crippen molar-refractivity contribution in [3.8, 4) is 0 Å². The molecule has 3 nitrogen and oxygen atoms in total. The highest BCUT2D eigenvalue weighted by molar-refractivity contribution is 7.98. The maximum absolute atomic E-state index is 12.1. The molecular weight excluding hydrogens is 266 g/mol. The Hall–Kier alpha value is -0.520. The molecule has 2 heterocycles. The summed E-state index contributed by atoms with van der Waals surface area (Å²) in [7, 11) is 0. The van der Waals surface area contributed by atoms with Crippen LogP contribution in [-0.2, 0) is 12.2 Å². The fourth-order valence-corrected chi connectivity index (χ4v) is 4.47. The number of hydrogen-bond donors (Lipinski definition) is 2. The van der Waals surface area contributed by atoms with Crippen LogP contribution in [0.5, 0.6) is 0 Å². The first kappa shape index (κ1) is 12.5. The summed E-state index contributed by atoms with van der Waals surface area (Å²) in [6.07, 6.45) is 3.15. The van der Waals surface area contributed by atoms with E-state index in [4.69, 9.17) is 0 Å². The van der Waals surface area contributed by atoms with E-state index in [1.165, 1.54) is 16.2 Å². The first-order valence-corrected chi connectivity index (χ1v) is 8.28. The second-order valence-electron chi connectivity index (χ2n) is 5.20. The van der Waals surface area contributed by atoms with Crippen LogP contribution in [0.1, 0.15) is 33.0 Å². The molecule has 1 amide bonds. The van der Waals surface area contributed by atoms with Crippen LogP contribution >= 0.6 is 23.1 Å². The number of carbonyl (C=O) groups excluding carboxylic acids is 1. The number of thioether (sulfide) groups is 1. The number of amides is 1. The molecule has 1 fully saturated rings. The van der Waals surface area contributed by atoms with Gasteiger partial charge in [-0.15, -0.1) is 11.3 Å². The Morgan fingerprint density at radius 2 is 2.33 bits per heavy atom. The van der Waals surface area contributed by atoms with Crippen LogP contribution in [0.15, 0.2) is 6.07 Å². The van der Waals surface area contributed by atoms with Gasteiger partial charge < -0.3 is 10.4 Å². The summed E-state index contributed by atoms with van der Waals surface area (Å²) >= 11 is 3.57. The summed E-state index contributed by atoms with van der Waals surface area (Å²) in [6.45, 7) is 0.796. The van der Waals surface area contributed by atoms with Gasteiger partial charge in [0.05, 0.1) is 11.5 Å². The molecule has 1 saturated carbocycles. The molecule has 18 heavy (non-hydrogen) atoms. The van der Waals surface area contributed by atoms with E-state index in [1.54, 1.807) is 11.3 Å². The van der Waals surface area contributed by atoms with E-state index in [-0.39, 0.29) is 17.9 Å². The van der Waals surface area contributed by atoms with Gasteiger partial charge in [0.1, 0.15) is 0 Å². The van der Waals surface area contributed by atoms with Crippen molar-refractivity contribution in [3.63, 3.8) is 0 Å². The molecule has 0 radical (unpaired) electrons. The highest BCUT2D eigenvalue weighted by Crippen LogP contribution is 2.44. The maximum Gasteiger partial charge on any atom is 0.261 e. The van der Waals surface area contributed by atoms with E-state index in [0.717, 1.165) is 29.9 Å². The number of hydrogen-bond acceptors (Lipinski definition) is 4. The highest BCUT2D eigenvalue weighted by Gasteiger charge is 2.42. The predicted octanol–water partition coefficient (Wildman–Crippen LogP) is 2.04. The van der Waals surface area contributed by atoms with Crippen molar-refractivity contribution in [1.82, 2.24) is 5.32 Å². The number of rotatable bonds is 4. The van der Waals surface area contributed by atoms with Crippen LogP contribution in [0.3, 0.4) is 0 Å². The summed E-state index contributed by atoms with van der Waals surface area (Å²) < 4.78 is 0. The van der Waals surface area contributed by atoms with Gasteiger partial charge in [0.2, 0.25) is 0 Å². The standard InChI is InChI=1S/C13H17NO2S2/c15-8-13(2-3-13)7-14-12(16)11-5-9-6-17-4-1-10(9)18-11/h5,15H,1-4,6-8H2,(H,14,16). The normalized spacial score (nSPS) is 20.3. The Morgan fingerprint density at radius 3 is 3.00 bits per heavy atom. The number of aryl methyl sites for hydroxylation is 1. The molecule has 1 aromatic rings. The molecule has 0 saturated heterocycles. The van der Waals surface area contributed by atoms with Gasteiger partial charge in [-0.3, -0.25) is 4.79 Å². The molecule has 1 aliphatic heterocycles. The molecule has 5 heteroatoms. The molecule has 0 aromatic carbocycles. The Kier molecular flexibility index (Phi) is 3.38. The summed E-state index contributed by atoms with van der Waals surface area (Å²) in [5, 5.41) is 12.2. The summed E-state index contributed by atoms with van der Waals surface area (Å²) in [5.74, 6) is 2.24. The van der Waals surface area contributed by atoms with Gasteiger partial charge >= 0.3 is 0 Å². The summed E-state index contributed by atoms with van der Waals surface area (Å²) in [6, 6.07) is 2.04. The van der Waals surface area contributed by atoms with Gasteiger partial charge in [0.25, 0.3) is 5.91 Å². The lowest BCUT2D eigenvalue weighted by atomic mass is 10.1. The lowest BCUT2D eigenvalue weighted by molar-refractivity contribution is 0.0939. The minimum atomic E-state index is -0.0115. The second kappa shape index (κ2) is 4.87. The van der Waals surface area contributed by atoms with E-state index < -0.39 is 0 Å². The quantitative estimate of drug-likeness (QED) is 0.889. The molecular formula is C13H17NO2S2. The minimum Gasteiger partial charge on any atom is -0.396 e. The van der Waals surface area contributed by atoms with E-state index in [2.05, 4.69) is 5.32 Å². The number of fused-ring (bicyclic) bond motifs is 1. The van der Waals surface area contributed by atoms with Crippen molar-refractivity contribution in [2.75, 3.05) is 18.9 Å². The zero-order chi connectivity index (χ0) is 12.6. The van der Waals surface area contributed by atoms with Crippen molar-refractivity contribution >= 4 is 29.0 Å². The largest absolute Gasteiger partial charge is 0.396 e. The third-order valence-corrected chi connectivity index (χ3v) is 6.01. The van der Waals surface area contributed by atoms with Crippen molar-refractivity contribution in [2.45, 2.75) is 25.0 Å². The van der Waals surface area contributed by atoms with Crippen LogP contribution < -0.4 is 5.32 Å². The van der Waals surface area contributed by atoms with E-state index in [9.17, 15) is 9.90 Å². The van der Waals surface area contributed by atoms with Gasteiger partial charge in [-0.05, 0) is 36.6 Å². The molecule has 1 aliphatic carbocycles. The Morgan fingerprint density at radius 1 is 1.50 bits per heavy atom. The third-order valence-electron chi connectivity index (χ3n) is 3.77. The van der Waals surface area contributed by atoms with Crippen molar-refractivity contribution in [1.29, 1.82) is 0 Å². The maximum atomic E-state index is 12.1. The number of nitrogens with one attached hydrogen (secondary N) is 1. The molecule has 3 rings (SSSR count). The first-order chi connectivity index (χ1) is 8.72. The average molecular weight is 283 g/mol. The third kappa shape index (κ3) is 2.44. The number of aliphatic hydroxyl groups is 1. The minimum absolute atomic E-state index is 0.0115. The van der Waals surface area contributed by atoms with Crippen LogP contribution in [-0.4, -0.2) is 29.9 Å². The van der Waals surface area contributed by atoms with Crippen molar-refractivity contribution < 1.29 is 9.90 Å². The Bertz CT molecular complexity index is 442. The average Bonchev–Trinajstić information content (AvgIpc) is 3.05. The van der Waals surface area contributed by atoms with Crippen LogP contribution in [0.4, 0.5) is 0 Å². The Labute approximate surface area is 115 Å². The summed E-state index contributed by atoms with van der Waals surface area (Å²) in [5.41, 5.74) is 1.33. The topological polar surface area (TPSA) is 49.3 Å². The van der Waals surface area contributed by atoms with E-state index in [1.807, 2.05) is 17.8 Å². The van der Waals surface area contributed by atoms with Crippen LogP contribution in [0.2, 0.25) is 0 Å². The first-order valence-electron chi connectivity index (χ1n) is 6.31. The van der Waals surface area contributed by atoms with Gasteiger partial charge in [0, 0.05) is 22.6 Å². The number of aliphatic hydroxyl groups excluding tert-OH is 1. The predicted molar refractivity (Wildman–Crippen MR) is 75.3 cm³/mol. The van der Waals surface area contributed by atoms with Crippen LogP contribution in [0.25, 0.3) is 0 Å². The molecule has 0 spiro atoms. The molecule has 0 bridgehead atoms. The van der Waals surface area contributed by atoms with Crippen molar-refractivity contribution in [2.24, 2.45) is 5.41 Å². The van der Waals surface area contributed by atoms with E-state index in [0.29, 0.717) is 6.54 Å². The number of carbonyl (C=O) groups is 1. The molecule has 1 aromatic heterocycles. The monoisotopic (exact) mass is 283 g/mol. The fourth-order valence-electron chi connectivity index (χ4n) is 2.18. The lowest BCUT2D eigenvalue weighted by Crippen LogP contribution is -2.31. The summed E-state index contributed by atoms with van der Waals surface area (Å²) in [4.78, 5) is 14.3. The molecule has 0 unspecified atom stereocenters. The van der Waals surface area contributed by atoms with Gasteiger partial charge in [-0.25, -0.2) is 0 Å². The van der Waals surface area contributed by atoms with Gasteiger partial charge in [-0.1, -0.05) is 0 Å². The van der Waals surface area contributed by atoms with E-state index >= 15 is 0 Å². The molecule has 98 valence electrons. The zero-order valence-electron chi connectivity index (χ0n) is 10.2. The lowest BCUT2D eigenvalue weighted by Gasteiger charge is -2.11. The Balaban J connectivity index is 1.63. The SMILES string of the molecule is O=C(NCC1(CO)CC1)c1cc2c(s1)CCSC2. The fraction of sp³-hybridized carbons (Fsp3) is 0.615. The smallest absolute Gasteiger partial charge is 0.261 e. The zero-order valence-corrected chi connectivity index (χ0v) is 11.8. The molecule has 0 atom stereocenters. The van der Waals surface area contributed by atoms with Crippen molar-refractivity contribution in [3.05, 3.63) is 21.4 Å². The molecule has 2 aliphatic rings. The highest BCUT2D eigenvalue weighted by atomic mass is 32.2.